The van der Waals surface area contributed by atoms with E-state index in [-0.39, 0.29) is 11.4 Å². The minimum absolute atomic E-state index is 0.235. The van der Waals surface area contributed by atoms with Crippen LogP contribution >= 0.6 is 0 Å². The lowest BCUT2D eigenvalue weighted by molar-refractivity contribution is 0.0900. The Labute approximate surface area is 99.0 Å². The van der Waals surface area contributed by atoms with Crippen LogP contribution in [0.2, 0.25) is 0 Å². The molecule has 1 aliphatic carbocycles. The number of carbonyl (C=O) groups is 1. The molecule has 1 amide bonds. The van der Waals surface area contributed by atoms with Crippen LogP contribution < -0.4 is 16.7 Å². The van der Waals surface area contributed by atoms with E-state index in [0.29, 0.717) is 12.1 Å². The smallest absolute Gasteiger partial charge is 0.335 e. The summed E-state index contributed by atoms with van der Waals surface area (Å²) in [4.78, 5) is 22.7. The number of carbonyl (C=O) groups excluding carboxylic acids is 1. The van der Waals surface area contributed by atoms with E-state index in [1.54, 1.807) is 0 Å². The zero-order valence-corrected chi connectivity index (χ0v) is 9.57. The number of hydrogen-bond acceptors (Lipinski definition) is 4. The molecule has 5 heteroatoms. The van der Waals surface area contributed by atoms with Crippen molar-refractivity contribution in [2.75, 3.05) is 6.54 Å². The van der Waals surface area contributed by atoms with Crippen LogP contribution in [0.25, 0.3) is 0 Å². The van der Waals surface area contributed by atoms with Gasteiger partial charge in [0.1, 0.15) is 6.26 Å². The zero-order chi connectivity index (χ0) is 12.3. The Balaban J connectivity index is 2.10. The molecule has 1 heterocycles. The number of rotatable bonds is 3. The molecule has 17 heavy (non-hydrogen) atoms. The van der Waals surface area contributed by atoms with Crippen molar-refractivity contribution >= 4 is 5.91 Å². The fourth-order valence-electron chi connectivity index (χ4n) is 2.23. The van der Waals surface area contributed by atoms with E-state index in [9.17, 15) is 9.59 Å². The molecule has 0 aromatic carbocycles. The Bertz CT molecular complexity index is 441. The van der Waals surface area contributed by atoms with E-state index in [1.807, 2.05) is 0 Å². The molecule has 0 spiro atoms. The molecular weight excluding hydrogens is 220 g/mol. The highest BCUT2D eigenvalue weighted by Gasteiger charge is 2.34. The van der Waals surface area contributed by atoms with Crippen LogP contribution in [0.4, 0.5) is 0 Å². The fourth-order valence-corrected chi connectivity index (χ4v) is 2.23. The van der Waals surface area contributed by atoms with Crippen LogP contribution in [0.15, 0.2) is 27.6 Å². The minimum atomic E-state index is -0.462. The Morgan fingerprint density at radius 2 is 2.12 bits per heavy atom. The quantitative estimate of drug-likeness (QED) is 0.806. The third-order valence-electron chi connectivity index (χ3n) is 3.29. The first kappa shape index (κ1) is 11.9. The van der Waals surface area contributed by atoms with Gasteiger partial charge in [-0.3, -0.25) is 4.79 Å². The summed E-state index contributed by atoms with van der Waals surface area (Å²) >= 11 is 0. The maximum absolute atomic E-state index is 11.9. The van der Waals surface area contributed by atoms with Gasteiger partial charge >= 0.3 is 5.63 Å². The first-order valence-corrected chi connectivity index (χ1v) is 5.77. The largest absolute Gasteiger partial charge is 0.430 e. The Morgan fingerprint density at radius 3 is 2.65 bits per heavy atom. The van der Waals surface area contributed by atoms with Crippen molar-refractivity contribution in [2.24, 2.45) is 5.73 Å². The van der Waals surface area contributed by atoms with E-state index < -0.39 is 5.63 Å². The summed E-state index contributed by atoms with van der Waals surface area (Å²) in [6.07, 6.45) is 5.16. The highest BCUT2D eigenvalue weighted by Crippen LogP contribution is 2.28. The van der Waals surface area contributed by atoms with Gasteiger partial charge in [0.15, 0.2) is 0 Å². The molecule has 1 aromatic rings. The fraction of sp³-hybridized carbons (Fsp3) is 0.500. The van der Waals surface area contributed by atoms with Gasteiger partial charge < -0.3 is 15.5 Å². The summed E-state index contributed by atoms with van der Waals surface area (Å²) in [6, 6.07) is 2.69. The van der Waals surface area contributed by atoms with Gasteiger partial charge in [-0.25, -0.2) is 4.79 Å². The number of nitrogens with one attached hydrogen (secondary N) is 1. The Hall–Kier alpha value is -1.62. The minimum Gasteiger partial charge on any atom is -0.430 e. The summed E-state index contributed by atoms with van der Waals surface area (Å²) in [5.74, 6) is -0.235. The molecule has 5 nitrogen and oxygen atoms in total. The van der Waals surface area contributed by atoms with Gasteiger partial charge in [0.05, 0.1) is 11.1 Å². The van der Waals surface area contributed by atoms with Gasteiger partial charge in [-0.15, -0.1) is 0 Å². The standard InChI is InChI=1S/C12H16N2O3/c13-8-12(5-1-2-6-12)14-11(16)9-3-4-10(15)17-7-9/h3-4,7H,1-2,5-6,8,13H2,(H,14,16). The monoisotopic (exact) mass is 236 g/mol. The third kappa shape index (κ3) is 2.55. The van der Waals surface area contributed by atoms with Crippen LogP contribution in [-0.4, -0.2) is 18.0 Å². The van der Waals surface area contributed by atoms with Gasteiger partial charge in [0.25, 0.3) is 5.91 Å². The molecule has 0 unspecified atom stereocenters. The number of hydrogen-bond donors (Lipinski definition) is 2. The summed E-state index contributed by atoms with van der Waals surface area (Å²) in [5, 5.41) is 2.95. The molecule has 1 aliphatic rings. The van der Waals surface area contributed by atoms with Crippen molar-refractivity contribution in [1.82, 2.24) is 5.32 Å². The van der Waals surface area contributed by atoms with Crippen molar-refractivity contribution in [2.45, 2.75) is 31.2 Å². The van der Waals surface area contributed by atoms with Gasteiger partial charge in [0, 0.05) is 12.6 Å². The van der Waals surface area contributed by atoms with Crippen molar-refractivity contribution in [3.05, 3.63) is 34.4 Å². The van der Waals surface area contributed by atoms with Gasteiger partial charge in [-0.1, -0.05) is 12.8 Å². The predicted molar refractivity (Wildman–Crippen MR) is 62.7 cm³/mol. The summed E-state index contributed by atoms with van der Waals surface area (Å²) in [5.41, 5.74) is 5.34. The SMILES string of the molecule is NCC1(NC(=O)c2ccc(=O)oc2)CCCC1. The van der Waals surface area contributed by atoms with Crippen LogP contribution in [0.1, 0.15) is 36.0 Å². The summed E-state index contributed by atoms with van der Waals surface area (Å²) < 4.78 is 4.66. The van der Waals surface area contributed by atoms with Gasteiger partial charge in [-0.05, 0) is 18.9 Å². The summed E-state index contributed by atoms with van der Waals surface area (Å²) in [7, 11) is 0. The molecule has 0 bridgehead atoms. The maximum Gasteiger partial charge on any atom is 0.335 e. The average molecular weight is 236 g/mol. The average Bonchev–Trinajstić information content (AvgIpc) is 2.79. The van der Waals surface area contributed by atoms with Crippen LogP contribution in [0.5, 0.6) is 0 Å². The first-order chi connectivity index (χ1) is 8.15. The highest BCUT2D eigenvalue weighted by molar-refractivity contribution is 5.94. The molecular formula is C12H16N2O3. The first-order valence-electron chi connectivity index (χ1n) is 5.77. The second-order valence-corrected chi connectivity index (χ2v) is 4.49. The van der Waals surface area contributed by atoms with Crippen molar-refractivity contribution < 1.29 is 9.21 Å². The molecule has 0 atom stereocenters. The number of nitrogens with two attached hydrogens (primary N) is 1. The highest BCUT2D eigenvalue weighted by atomic mass is 16.4. The molecule has 0 saturated heterocycles. The molecule has 92 valence electrons. The van der Waals surface area contributed by atoms with Crippen molar-refractivity contribution in [1.29, 1.82) is 0 Å². The number of amides is 1. The van der Waals surface area contributed by atoms with Crippen LogP contribution in [0.3, 0.4) is 0 Å². The second-order valence-electron chi connectivity index (χ2n) is 4.49. The molecule has 1 saturated carbocycles. The van der Waals surface area contributed by atoms with E-state index >= 15 is 0 Å². The third-order valence-corrected chi connectivity index (χ3v) is 3.29. The predicted octanol–water partition coefficient (Wildman–Crippen LogP) is 0.641. The van der Waals surface area contributed by atoms with Crippen molar-refractivity contribution in [3.63, 3.8) is 0 Å². The van der Waals surface area contributed by atoms with Crippen LogP contribution in [-0.2, 0) is 0 Å². The van der Waals surface area contributed by atoms with E-state index in [2.05, 4.69) is 9.73 Å². The van der Waals surface area contributed by atoms with Crippen molar-refractivity contribution in [3.8, 4) is 0 Å². The Kier molecular flexibility index (Phi) is 3.28. The maximum atomic E-state index is 11.9. The lowest BCUT2D eigenvalue weighted by atomic mass is 9.97. The molecule has 2 rings (SSSR count). The summed E-state index contributed by atoms with van der Waals surface area (Å²) in [6.45, 7) is 0.440. The Morgan fingerprint density at radius 1 is 1.41 bits per heavy atom. The molecule has 0 aliphatic heterocycles. The lowest BCUT2D eigenvalue weighted by Crippen LogP contribution is -2.51. The normalized spacial score (nSPS) is 17.9. The molecule has 1 fully saturated rings. The zero-order valence-electron chi connectivity index (χ0n) is 9.57. The molecule has 3 N–H and O–H groups in total. The van der Waals surface area contributed by atoms with E-state index in [0.717, 1.165) is 25.7 Å². The van der Waals surface area contributed by atoms with Crippen LogP contribution in [0, 0.1) is 0 Å². The van der Waals surface area contributed by atoms with E-state index in [4.69, 9.17) is 5.73 Å². The second kappa shape index (κ2) is 4.71. The lowest BCUT2D eigenvalue weighted by Gasteiger charge is -2.28. The van der Waals surface area contributed by atoms with Gasteiger partial charge in [-0.2, -0.15) is 0 Å². The topological polar surface area (TPSA) is 85.3 Å². The van der Waals surface area contributed by atoms with E-state index in [1.165, 1.54) is 18.4 Å². The van der Waals surface area contributed by atoms with Gasteiger partial charge in [0.2, 0.25) is 0 Å². The molecule has 1 aromatic heterocycles. The molecule has 0 radical (unpaired) electrons.